The van der Waals surface area contributed by atoms with Crippen LogP contribution in [-0.4, -0.2) is 9.78 Å². The Morgan fingerprint density at radius 1 is 1.43 bits per heavy atom. The van der Waals surface area contributed by atoms with E-state index in [0.29, 0.717) is 0 Å². The average molecular weight is 187 g/mol. The predicted octanol–water partition coefficient (Wildman–Crippen LogP) is 2.02. The summed E-state index contributed by atoms with van der Waals surface area (Å²) < 4.78 is 1.86. The molecule has 14 heavy (non-hydrogen) atoms. The van der Waals surface area contributed by atoms with Gasteiger partial charge in [0.15, 0.2) is 0 Å². The van der Waals surface area contributed by atoms with Crippen LogP contribution in [0.2, 0.25) is 0 Å². The second-order valence-corrected chi connectivity index (χ2v) is 3.19. The number of aromatic nitrogens is 2. The van der Waals surface area contributed by atoms with Crippen LogP contribution < -0.4 is 5.73 Å². The van der Waals surface area contributed by atoms with Crippen LogP contribution in [0.25, 0.3) is 5.69 Å². The smallest absolute Gasteiger partial charge is 0.0678 e. The fraction of sp³-hybridized carbons (Fsp3) is 0.182. The summed E-state index contributed by atoms with van der Waals surface area (Å²) >= 11 is 0. The lowest BCUT2D eigenvalue weighted by atomic mass is 10.1. The van der Waals surface area contributed by atoms with Crippen molar-refractivity contribution in [2.24, 2.45) is 0 Å². The Kier molecular flexibility index (Phi) is 2.23. The van der Waals surface area contributed by atoms with Gasteiger partial charge in [-0.1, -0.05) is 6.92 Å². The lowest BCUT2D eigenvalue weighted by molar-refractivity contribution is 0.863. The summed E-state index contributed by atoms with van der Waals surface area (Å²) in [6.07, 6.45) is 4.67. The minimum absolute atomic E-state index is 0.803. The molecule has 2 rings (SSSR count). The van der Waals surface area contributed by atoms with E-state index in [4.69, 9.17) is 5.73 Å². The van der Waals surface area contributed by atoms with Gasteiger partial charge in [0.05, 0.1) is 5.69 Å². The van der Waals surface area contributed by atoms with Crippen molar-refractivity contribution in [3.05, 3.63) is 42.2 Å². The first-order valence-electron chi connectivity index (χ1n) is 4.69. The van der Waals surface area contributed by atoms with E-state index in [1.54, 1.807) is 6.20 Å². The molecule has 2 aromatic rings. The number of benzene rings is 1. The van der Waals surface area contributed by atoms with E-state index in [9.17, 15) is 0 Å². The minimum Gasteiger partial charge on any atom is -0.399 e. The van der Waals surface area contributed by atoms with E-state index in [2.05, 4.69) is 12.0 Å². The standard InChI is InChI=1S/C11H13N3/c1-2-9-8-10(12)4-5-11(9)14-7-3-6-13-14/h3-8H,2,12H2,1H3. The molecule has 3 nitrogen and oxygen atoms in total. The summed E-state index contributed by atoms with van der Waals surface area (Å²) in [6.45, 7) is 2.11. The lowest BCUT2D eigenvalue weighted by Crippen LogP contribution is -2.00. The molecule has 0 aliphatic carbocycles. The van der Waals surface area contributed by atoms with Crippen LogP contribution in [0, 0.1) is 0 Å². The van der Waals surface area contributed by atoms with Gasteiger partial charge in [0.2, 0.25) is 0 Å². The molecule has 0 saturated heterocycles. The van der Waals surface area contributed by atoms with Gasteiger partial charge in [0.25, 0.3) is 0 Å². The second kappa shape index (κ2) is 3.54. The first kappa shape index (κ1) is 8.81. The van der Waals surface area contributed by atoms with Crippen LogP contribution in [0.15, 0.2) is 36.7 Å². The Balaban J connectivity index is 2.53. The van der Waals surface area contributed by atoms with Gasteiger partial charge >= 0.3 is 0 Å². The maximum Gasteiger partial charge on any atom is 0.0678 e. The number of rotatable bonds is 2. The Morgan fingerprint density at radius 3 is 2.93 bits per heavy atom. The maximum absolute atomic E-state index is 5.73. The van der Waals surface area contributed by atoms with Crippen LogP contribution in [0.5, 0.6) is 0 Å². The van der Waals surface area contributed by atoms with Gasteiger partial charge in [-0.15, -0.1) is 0 Å². The molecule has 1 heterocycles. The molecule has 0 saturated carbocycles. The van der Waals surface area contributed by atoms with Crippen LogP contribution in [0.1, 0.15) is 12.5 Å². The molecule has 3 heteroatoms. The number of hydrogen-bond acceptors (Lipinski definition) is 2. The van der Waals surface area contributed by atoms with Crippen molar-refractivity contribution in [3.63, 3.8) is 0 Å². The highest BCUT2D eigenvalue weighted by atomic mass is 15.3. The van der Waals surface area contributed by atoms with E-state index in [0.717, 1.165) is 17.8 Å². The van der Waals surface area contributed by atoms with Gasteiger partial charge in [-0.05, 0) is 36.2 Å². The number of hydrogen-bond donors (Lipinski definition) is 1. The quantitative estimate of drug-likeness (QED) is 0.731. The van der Waals surface area contributed by atoms with Crippen molar-refractivity contribution in [1.82, 2.24) is 9.78 Å². The number of anilines is 1. The topological polar surface area (TPSA) is 43.8 Å². The largest absolute Gasteiger partial charge is 0.399 e. The molecular weight excluding hydrogens is 174 g/mol. The van der Waals surface area contributed by atoms with Gasteiger partial charge in [-0.3, -0.25) is 0 Å². The van der Waals surface area contributed by atoms with Crippen molar-refractivity contribution >= 4 is 5.69 Å². The number of nitrogen functional groups attached to an aromatic ring is 1. The van der Waals surface area contributed by atoms with Gasteiger partial charge in [-0.25, -0.2) is 4.68 Å². The molecule has 0 spiro atoms. The van der Waals surface area contributed by atoms with Crippen molar-refractivity contribution in [1.29, 1.82) is 0 Å². The summed E-state index contributed by atoms with van der Waals surface area (Å²) in [4.78, 5) is 0. The summed E-state index contributed by atoms with van der Waals surface area (Å²) in [5.74, 6) is 0. The molecule has 1 aromatic carbocycles. The Bertz CT molecular complexity index is 418. The molecule has 0 bridgehead atoms. The molecule has 1 aromatic heterocycles. The Labute approximate surface area is 83.2 Å². The summed E-state index contributed by atoms with van der Waals surface area (Å²) in [5, 5.41) is 4.20. The summed E-state index contributed by atoms with van der Waals surface area (Å²) in [5.41, 5.74) is 8.85. The SMILES string of the molecule is CCc1cc(N)ccc1-n1cccn1. The molecule has 0 unspecified atom stereocenters. The highest BCUT2D eigenvalue weighted by molar-refractivity contribution is 5.51. The van der Waals surface area contributed by atoms with Crippen molar-refractivity contribution < 1.29 is 0 Å². The normalized spacial score (nSPS) is 10.4. The van der Waals surface area contributed by atoms with E-state index < -0.39 is 0 Å². The van der Waals surface area contributed by atoms with Crippen LogP contribution in [0.3, 0.4) is 0 Å². The van der Waals surface area contributed by atoms with E-state index in [1.807, 2.05) is 35.1 Å². The van der Waals surface area contributed by atoms with E-state index in [-0.39, 0.29) is 0 Å². The van der Waals surface area contributed by atoms with Crippen molar-refractivity contribution in [2.45, 2.75) is 13.3 Å². The second-order valence-electron chi connectivity index (χ2n) is 3.19. The molecule has 0 fully saturated rings. The predicted molar refractivity (Wildman–Crippen MR) is 57.4 cm³/mol. The highest BCUT2D eigenvalue weighted by Gasteiger charge is 2.02. The summed E-state index contributed by atoms with van der Waals surface area (Å²) in [6, 6.07) is 7.81. The van der Waals surface area contributed by atoms with E-state index >= 15 is 0 Å². The molecule has 2 N–H and O–H groups in total. The third-order valence-corrected chi connectivity index (χ3v) is 2.24. The molecule has 0 aliphatic heterocycles. The molecule has 72 valence electrons. The highest BCUT2D eigenvalue weighted by Crippen LogP contribution is 2.17. The molecular formula is C11H13N3. The number of aryl methyl sites for hydroxylation is 1. The zero-order valence-electron chi connectivity index (χ0n) is 8.14. The maximum atomic E-state index is 5.73. The van der Waals surface area contributed by atoms with Crippen molar-refractivity contribution in [3.8, 4) is 5.69 Å². The van der Waals surface area contributed by atoms with Gasteiger partial charge in [0, 0.05) is 18.1 Å². The van der Waals surface area contributed by atoms with Crippen LogP contribution in [-0.2, 0) is 6.42 Å². The average Bonchev–Trinajstić information content (AvgIpc) is 2.70. The number of nitrogens with two attached hydrogens (primary N) is 1. The van der Waals surface area contributed by atoms with Gasteiger partial charge in [0.1, 0.15) is 0 Å². The Morgan fingerprint density at radius 2 is 2.29 bits per heavy atom. The van der Waals surface area contributed by atoms with Gasteiger partial charge in [-0.2, -0.15) is 5.10 Å². The fourth-order valence-electron chi connectivity index (χ4n) is 1.52. The molecule has 0 radical (unpaired) electrons. The molecule has 0 aliphatic rings. The van der Waals surface area contributed by atoms with Crippen LogP contribution >= 0.6 is 0 Å². The summed E-state index contributed by atoms with van der Waals surface area (Å²) in [7, 11) is 0. The monoisotopic (exact) mass is 187 g/mol. The molecule has 0 atom stereocenters. The first-order chi connectivity index (χ1) is 6.81. The fourth-order valence-corrected chi connectivity index (χ4v) is 1.52. The van der Waals surface area contributed by atoms with E-state index in [1.165, 1.54) is 5.56 Å². The molecule has 0 amide bonds. The minimum atomic E-state index is 0.803. The first-order valence-corrected chi connectivity index (χ1v) is 4.69. The van der Waals surface area contributed by atoms with Crippen LogP contribution in [0.4, 0.5) is 5.69 Å². The zero-order chi connectivity index (χ0) is 9.97. The Hall–Kier alpha value is -1.77. The lowest BCUT2D eigenvalue weighted by Gasteiger charge is -2.08. The third kappa shape index (κ3) is 1.48. The number of nitrogens with zero attached hydrogens (tertiary/aromatic N) is 2. The third-order valence-electron chi connectivity index (χ3n) is 2.24. The van der Waals surface area contributed by atoms with Crippen molar-refractivity contribution in [2.75, 3.05) is 5.73 Å². The zero-order valence-corrected chi connectivity index (χ0v) is 8.14. The van der Waals surface area contributed by atoms with Gasteiger partial charge < -0.3 is 5.73 Å².